The summed E-state index contributed by atoms with van der Waals surface area (Å²) in [5.74, 6) is 0.615. The molecule has 0 bridgehead atoms. The molecular weight excluding hydrogens is 483 g/mol. The van der Waals surface area contributed by atoms with Gasteiger partial charge in [-0.05, 0) is 36.4 Å². The quantitative estimate of drug-likeness (QED) is 0.373. The highest BCUT2D eigenvalue weighted by atomic mass is 32.2. The molecular formula is C24H25FN8O2S. The van der Waals surface area contributed by atoms with Crippen molar-refractivity contribution in [3.8, 4) is 11.5 Å². The van der Waals surface area contributed by atoms with E-state index in [1.54, 1.807) is 35.4 Å². The lowest BCUT2D eigenvalue weighted by Crippen LogP contribution is -2.47. The maximum absolute atomic E-state index is 14.6. The first kappa shape index (κ1) is 22.7. The Labute approximate surface area is 208 Å². The van der Waals surface area contributed by atoms with Gasteiger partial charge in [0.25, 0.3) is 0 Å². The summed E-state index contributed by atoms with van der Waals surface area (Å²) in [5, 5.41) is 9.96. The molecule has 0 unspecified atom stereocenters. The molecule has 0 saturated carbocycles. The van der Waals surface area contributed by atoms with E-state index in [2.05, 4.69) is 20.1 Å². The van der Waals surface area contributed by atoms with Crippen LogP contribution in [0.4, 0.5) is 16.0 Å². The minimum Gasteiger partial charge on any atom is -0.463 e. The van der Waals surface area contributed by atoms with Crippen LogP contribution in [0, 0.1) is 5.82 Å². The third-order valence-corrected chi connectivity index (χ3v) is 7.52. The summed E-state index contributed by atoms with van der Waals surface area (Å²) in [7, 11) is -1.20. The molecule has 10 nitrogen and oxygen atoms in total. The van der Waals surface area contributed by atoms with E-state index in [0.717, 1.165) is 30.5 Å². The Balaban J connectivity index is 1.14. The zero-order chi connectivity index (χ0) is 24.8. The van der Waals surface area contributed by atoms with Gasteiger partial charge in [0.15, 0.2) is 11.4 Å². The molecule has 1 aliphatic heterocycles. The number of rotatable bonds is 6. The van der Waals surface area contributed by atoms with Crippen molar-refractivity contribution < 1.29 is 13.0 Å². The van der Waals surface area contributed by atoms with Gasteiger partial charge in [-0.1, -0.05) is 0 Å². The number of fused-ring (bicyclic) bond motifs is 3. The molecule has 6 rings (SSSR count). The molecule has 186 valence electrons. The predicted molar refractivity (Wildman–Crippen MR) is 136 cm³/mol. The number of aromatic nitrogens is 5. The van der Waals surface area contributed by atoms with Crippen molar-refractivity contribution in [3.63, 3.8) is 0 Å². The SMILES string of the molecule is C[S@@](=O)c1ccc(N2CCN(CCn3ncc4c3nc(N)n3nc(-c5ccco5)cc43)CC2)c(F)c1. The normalized spacial score (nSPS) is 15.8. The Morgan fingerprint density at radius 3 is 2.69 bits per heavy atom. The first-order chi connectivity index (χ1) is 17.5. The number of anilines is 2. The number of furan rings is 1. The standard InChI is InChI=1S/C24H25FN8O2S/c1-36(34)16-4-5-20(18(25)13-16)31-9-6-30(7-10-31)8-11-32-23-17(15-27-32)21-14-19(22-3-2-12-35-22)29-33(21)24(26)28-23/h2-5,12-15H,6-11H2,1H3,(H2,26,28)/t36-/m1/s1. The molecule has 1 aromatic carbocycles. The van der Waals surface area contributed by atoms with Crippen molar-refractivity contribution in [1.82, 2.24) is 29.3 Å². The van der Waals surface area contributed by atoms with Crippen LogP contribution in [0.5, 0.6) is 0 Å². The van der Waals surface area contributed by atoms with Gasteiger partial charge in [0.2, 0.25) is 5.95 Å². The molecule has 0 aliphatic carbocycles. The average Bonchev–Trinajstić information content (AvgIpc) is 3.63. The Morgan fingerprint density at radius 2 is 1.97 bits per heavy atom. The second kappa shape index (κ2) is 9.03. The summed E-state index contributed by atoms with van der Waals surface area (Å²) in [6.07, 6.45) is 4.95. The fourth-order valence-corrected chi connectivity index (χ4v) is 5.19. The third-order valence-electron chi connectivity index (χ3n) is 6.60. The highest BCUT2D eigenvalue weighted by Crippen LogP contribution is 2.27. The number of hydrogen-bond donors (Lipinski definition) is 1. The number of nitrogens with zero attached hydrogens (tertiary/aromatic N) is 7. The maximum Gasteiger partial charge on any atom is 0.223 e. The largest absolute Gasteiger partial charge is 0.463 e. The van der Waals surface area contributed by atoms with E-state index < -0.39 is 10.8 Å². The number of piperazine rings is 1. The van der Waals surface area contributed by atoms with E-state index in [-0.39, 0.29) is 11.8 Å². The molecule has 2 N–H and O–H groups in total. The van der Waals surface area contributed by atoms with Gasteiger partial charge in [-0.2, -0.15) is 19.7 Å². The van der Waals surface area contributed by atoms with Gasteiger partial charge in [-0.25, -0.2) is 9.07 Å². The number of nitrogen functional groups attached to an aromatic ring is 1. The number of hydrogen-bond acceptors (Lipinski definition) is 8. The molecule has 5 aromatic rings. The van der Waals surface area contributed by atoms with Gasteiger partial charge in [0.05, 0.1) is 35.6 Å². The average molecular weight is 509 g/mol. The smallest absolute Gasteiger partial charge is 0.223 e. The van der Waals surface area contributed by atoms with Crippen molar-refractivity contribution in [3.05, 3.63) is 54.7 Å². The van der Waals surface area contributed by atoms with Crippen LogP contribution in [0.3, 0.4) is 0 Å². The van der Waals surface area contributed by atoms with Crippen molar-refractivity contribution in [1.29, 1.82) is 0 Å². The predicted octanol–water partition coefficient (Wildman–Crippen LogP) is 2.62. The second-order valence-electron chi connectivity index (χ2n) is 8.77. The van der Waals surface area contributed by atoms with Gasteiger partial charge in [-0.15, -0.1) is 0 Å². The monoisotopic (exact) mass is 508 g/mol. The van der Waals surface area contributed by atoms with Crippen LogP contribution in [-0.4, -0.2) is 72.5 Å². The first-order valence-corrected chi connectivity index (χ1v) is 13.2. The molecule has 36 heavy (non-hydrogen) atoms. The van der Waals surface area contributed by atoms with Crippen molar-refractivity contribution >= 4 is 39.0 Å². The lowest BCUT2D eigenvalue weighted by molar-refractivity contribution is 0.245. The molecule has 5 heterocycles. The fraction of sp³-hybridized carbons (Fsp3) is 0.292. The molecule has 1 fully saturated rings. The van der Waals surface area contributed by atoms with Crippen LogP contribution in [0.15, 0.2) is 58.2 Å². The van der Waals surface area contributed by atoms with E-state index in [0.29, 0.717) is 47.3 Å². The summed E-state index contributed by atoms with van der Waals surface area (Å²) >= 11 is 0. The van der Waals surface area contributed by atoms with Crippen LogP contribution < -0.4 is 10.6 Å². The van der Waals surface area contributed by atoms with Crippen LogP contribution in [0.2, 0.25) is 0 Å². The number of nitrogens with two attached hydrogens (primary N) is 1. The lowest BCUT2D eigenvalue weighted by atomic mass is 10.2. The minimum absolute atomic E-state index is 0.283. The molecule has 1 saturated heterocycles. The summed E-state index contributed by atoms with van der Waals surface area (Å²) < 4.78 is 35.1. The minimum atomic E-state index is -1.20. The van der Waals surface area contributed by atoms with Crippen LogP contribution in [0.25, 0.3) is 28.0 Å². The molecule has 0 radical (unpaired) electrons. The molecule has 1 aliphatic rings. The molecule has 4 aromatic heterocycles. The Bertz CT molecular complexity index is 1570. The van der Waals surface area contributed by atoms with Crippen LogP contribution in [-0.2, 0) is 17.3 Å². The molecule has 0 amide bonds. The summed E-state index contributed by atoms with van der Waals surface area (Å²) in [6, 6.07) is 10.4. The maximum atomic E-state index is 14.6. The molecule has 0 spiro atoms. The van der Waals surface area contributed by atoms with Crippen molar-refractivity contribution in [2.45, 2.75) is 11.4 Å². The van der Waals surface area contributed by atoms with Gasteiger partial charge >= 0.3 is 0 Å². The first-order valence-electron chi connectivity index (χ1n) is 11.6. The summed E-state index contributed by atoms with van der Waals surface area (Å²) in [4.78, 5) is 9.42. The Morgan fingerprint density at radius 1 is 1.14 bits per heavy atom. The van der Waals surface area contributed by atoms with Gasteiger partial charge in [-0.3, -0.25) is 9.11 Å². The van der Waals surface area contributed by atoms with E-state index in [1.165, 1.54) is 6.07 Å². The second-order valence-corrected chi connectivity index (χ2v) is 10.2. The number of benzene rings is 1. The fourth-order valence-electron chi connectivity index (χ4n) is 4.66. The van der Waals surface area contributed by atoms with Crippen LogP contribution in [0.1, 0.15) is 0 Å². The highest BCUT2D eigenvalue weighted by molar-refractivity contribution is 7.84. The van der Waals surface area contributed by atoms with Crippen molar-refractivity contribution in [2.24, 2.45) is 0 Å². The van der Waals surface area contributed by atoms with Gasteiger partial charge in [0.1, 0.15) is 11.5 Å². The Kier molecular flexibility index (Phi) is 5.69. The zero-order valence-electron chi connectivity index (χ0n) is 19.7. The number of halogens is 1. The van der Waals surface area contributed by atoms with Gasteiger partial charge < -0.3 is 15.1 Å². The topological polar surface area (TPSA) is 111 Å². The van der Waals surface area contributed by atoms with E-state index in [1.807, 2.05) is 27.8 Å². The summed E-state index contributed by atoms with van der Waals surface area (Å²) in [6.45, 7) is 4.45. The lowest BCUT2D eigenvalue weighted by Gasteiger charge is -2.36. The molecule has 12 heteroatoms. The summed E-state index contributed by atoms with van der Waals surface area (Å²) in [5.41, 5.74) is 8.99. The zero-order valence-corrected chi connectivity index (χ0v) is 20.5. The van der Waals surface area contributed by atoms with Crippen LogP contribution >= 0.6 is 0 Å². The Hall–Kier alpha value is -3.77. The van der Waals surface area contributed by atoms with E-state index >= 15 is 0 Å². The van der Waals surface area contributed by atoms with Gasteiger partial charge in [0, 0.05) is 54.7 Å². The highest BCUT2D eigenvalue weighted by Gasteiger charge is 2.21. The molecule has 1 atom stereocenters. The third kappa shape index (κ3) is 4.01. The van der Waals surface area contributed by atoms with E-state index in [9.17, 15) is 8.60 Å². The van der Waals surface area contributed by atoms with E-state index in [4.69, 9.17) is 10.2 Å². The van der Waals surface area contributed by atoms with Crippen molar-refractivity contribution in [2.75, 3.05) is 49.6 Å².